The summed E-state index contributed by atoms with van der Waals surface area (Å²) in [5.74, 6) is 0.512. The molecule has 0 saturated carbocycles. The van der Waals surface area contributed by atoms with Crippen LogP contribution in [-0.4, -0.2) is 4.57 Å². The Kier molecular flexibility index (Phi) is 2.67. The second-order valence-electron chi connectivity index (χ2n) is 4.95. The average molecular weight is 235 g/mol. The maximum absolute atomic E-state index is 2.36. The van der Waals surface area contributed by atoms with Crippen molar-refractivity contribution < 1.29 is 0 Å². The van der Waals surface area contributed by atoms with Gasteiger partial charge in [0.15, 0.2) is 0 Å². The van der Waals surface area contributed by atoms with Gasteiger partial charge < -0.3 is 4.57 Å². The third kappa shape index (κ3) is 1.72. The van der Waals surface area contributed by atoms with Crippen LogP contribution in [0.2, 0.25) is 0 Å². The van der Waals surface area contributed by atoms with E-state index in [1.807, 2.05) is 0 Å². The molecule has 1 aromatic heterocycles. The van der Waals surface area contributed by atoms with Crippen molar-refractivity contribution >= 4 is 10.9 Å². The number of aromatic nitrogens is 1. The number of benzene rings is 2. The van der Waals surface area contributed by atoms with Gasteiger partial charge in [0.05, 0.1) is 5.52 Å². The number of para-hydroxylation sites is 2. The van der Waals surface area contributed by atoms with E-state index in [1.54, 1.807) is 0 Å². The highest BCUT2D eigenvalue weighted by Gasteiger charge is 2.12. The fourth-order valence-electron chi connectivity index (χ4n) is 2.47. The molecule has 2 aromatic carbocycles. The highest BCUT2D eigenvalue weighted by atomic mass is 15.0. The van der Waals surface area contributed by atoms with Crippen molar-refractivity contribution in [3.8, 4) is 5.69 Å². The van der Waals surface area contributed by atoms with Gasteiger partial charge in [0.2, 0.25) is 0 Å². The predicted molar refractivity (Wildman–Crippen MR) is 77.4 cm³/mol. The molecule has 0 bridgehead atoms. The van der Waals surface area contributed by atoms with Gasteiger partial charge in [0.1, 0.15) is 0 Å². The molecule has 0 saturated heterocycles. The SMILES string of the molecule is CC(C)c1cc2ccccc2n1-c1ccccc1. The van der Waals surface area contributed by atoms with E-state index in [-0.39, 0.29) is 0 Å². The number of rotatable bonds is 2. The van der Waals surface area contributed by atoms with E-state index in [0.717, 1.165) is 0 Å². The Bertz CT molecular complexity index is 662. The van der Waals surface area contributed by atoms with Gasteiger partial charge in [0, 0.05) is 16.8 Å². The van der Waals surface area contributed by atoms with Crippen LogP contribution >= 0.6 is 0 Å². The highest BCUT2D eigenvalue weighted by Crippen LogP contribution is 2.28. The Morgan fingerprint density at radius 3 is 2.22 bits per heavy atom. The summed E-state index contributed by atoms with van der Waals surface area (Å²) < 4.78 is 2.36. The molecule has 0 radical (unpaired) electrons. The molecule has 1 heterocycles. The topological polar surface area (TPSA) is 4.93 Å². The van der Waals surface area contributed by atoms with Gasteiger partial charge >= 0.3 is 0 Å². The monoisotopic (exact) mass is 235 g/mol. The zero-order chi connectivity index (χ0) is 12.5. The van der Waals surface area contributed by atoms with Crippen LogP contribution in [0.5, 0.6) is 0 Å². The molecule has 0 aliphatic heterocycles. The lowest BCUT2D eigenvalue weighted by Gasteiger charge is -2.13. The van der Waals surface area contributed by atoms with E-state index >= 15 is 0 Å². The van der Waals surface area contributed by atoms with Gasteiger partial charge in [-0.1, -0.05) is 50.2 Å². The minimum absolute atomic E-state index is 0.512. The van der Waals surface area contributed by atoms with Crippen molar-refractivity contribution in [2.45, 2.75) is 19.8 Å². The second-order valence-corrected chi connectivity index (χ2v) is 4.95. The molecule has 0 aliphatic rings. The summed E-state index contributed by atoms with van der Waals surface area (Å²) in [6.45, 7) is 4.49. The lowest BCUT2D eigenvalue weighted by Crippen LogP contribution is -2.01. The van der Waals surface area contributed by atoms with Gasteiger partial charge in [-0.25, -0.2) is 0 Å². The van der Waals surface area contributed by atoms with Crippen molar-refractivity contribution in [3.63, 3.8) is 0 Å². The average Bonchev–Trinajstić information content (AvgIpc) is 2.79. The highest BCUT2D eigenvalue weighted by molar-refractivity contribution is 5.83. The summed E-state index contributed by atoms with van der Waals surface area (Å²) in [6.07, 6.45) is 0. The molecule has 0 atom stereocenters. The molecule has 18 heavy (non-hydrogen) atoms. The molecular formula is C17H17N. The van der Waals surface area contributed by atoms with E-state index in [0.29, 0.717) is 5.92 Å². The Morgan fingerprint density at radius 1 is 0.833 bits per heavy atom. The number of nitrogens with zero attached hydrogens (tertiary/aromatic N) is 1. The Morgan fingerprint density at radius 2 is 1.50 bits per heavy atom. The van der Waals surface area contributed by atoms with Gasteiger partial charge in [-0.05, 0) is 30.2 Å². The molecule has 0 unspecified atom stereocenters. The molecule has 1 heteroatoms. The van der Waals surface area contributed by atoms with Gasteiger partial charge in [-0.3, -0.25) is 0 Å². The molecule has 0 spiro atoms. The molecule has 90 valence electrons. The van der Waals surface area contributed by atoms with Crippen molar-refractivity contribution in [3.05, 3.63) is 66.4 Å². The molecule has 1 nitrogen and oxygen atoms in total. The van der Waals surface area contributed by atoms with Crippen LogP contribution in [-0.2, 0) is 0 Å². The minimum atomic E-state index is 0.512. The summed E-state index contributed by atoms with van der Waals surface area (Å²) >= 11 is 0. The zero-order valence-corrected chi connectivity index (χ0v) is 10.8. The number of fused-ring (bicyclic) bond motifs is 1. The summed E-state index contributed by atoms with van der Waals surface area (Å²) in [5, 5.41) is 1.31. The molecule has 0 aliphatic carbocycles. The summed E-state index contributed by atoms with van der Waals surface area (Å²) in [7, 11) is 0. The second kappa shape index (κ2) is 4.34. The van der Waals surface area contributed by atoms with E-state index < -0.39 is 0 Å². The third-order valence-corrected chi connectivity index (χ3v) is 3.35. The first-order chi connectivity index (χ1) is 8.77. The van der Waals surface area contributed by atoms with Crippen LogP contribution in [0, 0.1) is 0 Å². The fraction of sp³-hybridized carbons (Fsp3) is 0.176. The maximum atomic E-state index is 2.36. The molecule has 0 amide bonds. The lowest BCUT2D eigenvalue weighted by molar-refractivity contribution is 0.796. The zero-order valence-electron chi connectivity index (χ0n) is 10.8. The third-order valence-electron chi connectivity index (χ3n) is 3.35. The van der Waals surface area contributed by atoms with Crippen LogP contribution in [0.1, 0.15) is 25.5 Å². The van der Waals surface area contributed by atoms with Gasteiger partial charge in [-0.2, -0.15) is 0 Å². The molecule has 0 fully saturated rings. The molecule has 3 aromatic rings. The Balaban J connectivity index is 2.35. The maximum Gasteiger partial charge on any atom is 0.0531 e. The Hall–Kier alpha value is -2.02. The number of hydrogen-bond acceptors (Lipinski definition) is 0. The van der Waals surface area contributed by atoms with E-state index in [1.165, 1.54) is 22.3 Å². The molecular weight excluding hydrogens is 218 g/mol. The van der Waals surface area contributed by atoms with Gasteiger partial charge in [0.25, 0.3) is 0 Å². The summed E-state index contributed by atoms with van der Waals surface area (Å²) in [4.78, 5) is 0. The normalized spacial score (nSPS) is 11.3. The van der Waals surface area contributed by atoms with Crippen molar-refractivity contribution in [1.29, 1.82) is 0 Å². The van der Waals surface area contributed by atoms with Crippen molar-refractivity contribution in [2.75, 3.05) is 0 Å². The summed E-state index contributed by atoms with van der Waals surface area (Å²) in [6, 6.07) is 21.4. The van der Waals surface area contributed by atoms with E-state index in [4.69, 9.17) is 0 Å². The molecule has 3 rings (SSSR count). The smallest absolute Gasteiger partial charge is 0.0531 e. The van der Waals surface area contributed by atoms with Crippen molar-refractivity contribution in [1.82, 2.24) is 4.57 Å². The van der Waals surface area contributed by atoms with E-state index in [9.17, 15) is 0 Å². The van der Waals surface area contributed by atoms with E-state index in [2.05, 4.69) is 79.1 Å². The minimum Gasteiger partial charge on any atom is -0.313 e. The number of hydrogen-bond donors (Lipinski definition) is 0. The Labute approximate surface area is 108 Å². The quantitative estimate of drug-likeness (QED) is 0.604. The standard InChI is InChI=1S/C17H17N/c1-13(2)17-12-14-8-6-7-11-16(14)18(17)15-9-4-3-5-10-15/h3-13H,1-2H3. The summed E-state index contributed by atoms with van der Waals surface area (Å²) in [5.41, 5.74) is 3.89. The fourth-order valence-corrected chi connectivity index (χ4v) is 2.47. The van der Waals surface area contributed by atoms with Crippen LogP contribution in [0.15, 0.2) is 60.7 Å². The van der Waals surface area contributed by atoms with Crippen LogP contribution < -0.4 is 0 Å². The largest absolute Gasteiger partial charge is 0.313 e. The van der Waals surface area contributed by atoms with Crippen LogP contribution in [0.3, 0.4) is 0 Å². The van der Waals surface area contributed by atoms with Crippen molar-refractivity contribution in [2.24, 2.45) is 0 Å². The first-order valence-electron chi connectivity index (χ1n) is 6.43. The lowest BCUT2D eigenvalue weighted by atomic mass is 10.1. The first kappa shape index (κ1) is 11.1. The first-order valence-corrected chi connectivity index (χ1v) is 6.43. The van der Waals surface area contributed by atoms with Crippen LogP contribution in [0.25, 0.3) is 16.6 Å². The molecule has 0 N–H and O–H groups in total. The van der Waals surface area contributed by atoms with Crippen LogP contribution in [0.4, 0.5) is 0 Å². The predicted octanol–water partition coefficient (Wildman–Crippen LogP) is 4.75. The van der Waals surface area contributed by atoms with Gasteiger partial charge in [-0.15, -0.1) is 0 Å².